The first-order chi connectivity index (χ1) is 9.06. The highest BCUT2D eigenvalue weighted by molar-refractivity contribution is 6.30. The Labute approximate surface area is 115 Å². The fraction of sp³-hybridized carbons (Fsp3) is 0.231. The molecule has 0 spiro atoms. The van der Waals surface area contributed by atoms with Crippen LogP contribution in [0.15, 0.2) is 30.5 Å². The van der Waals surface area contributed by atoms with Gasteiger partial charge in [0.15, 0.2) is 5.75 Å². The number of hydrogen-bond donors (Lipinski definition) is 1. The van der Waals surface area contributed by atoms with Crippen LogP contribution in [0, 0.1) is 6.92 Å². The van der Waals surface area contributed by atoms with E-state index in [2.05, 4.69) is 5.10 Å². The van der Waals surface area contributed by atoms with Crippen LogP contribution in [0.2, 0.25) is 5.02 Å². The number of ether oxygens (including phenoxy) is 1. The van der Waals surface area contributed by atoms with Crippen LogP contribution in [-0.2, 0) is 11.3 Å². The van der Waals surface area contributed by atoms with Gasteiger partial charge in [0.2, 0.25) is 0 Å². The van der Waals surface area contributed by atoms with Crippen molar-refractivity contribution >= 4 is 17.6 Å². The monoisotopic (exact) mass is 280 g/mol. The number of aromatic nitrogens is 2. The number of halogens is 1. The van der Waals surface area contributed by atoms with Gasteiger partial charge in [0, 0.05) is 5.02 Å². The van der Waals surface area contributed by atoms with Crippen molar-refractivity contribution in [1.29, 1.82) is 0 Å². The Morgan fingerprint density at radius 1 is 1.53 bits per heavy atom. The zero-order valence-electron chi connectivity index (χ0n) is 10.3. The lowest BCUT2D eigenvalue weighted by Gasteiger charge is -2.06. The van der Waals surface area contributed by atoms with E-state index in [1.54, 1.807) is 35.1 Å². The van der Waals surface area contributed by atoms with Crippen LogP contribution in [0.3, 0.4) is 0 Å². The Kier molecular flexibility index (Phi) is 4.06. The fourth-order valence-electron chi connectivity index (χ4n) is 1.61. The molecule has 0 saturated heterocycles. The molecule has 0 saturated carbocycles. The van der Waals surface area contributed by atoms with Crippen molar-refractivity contribution < 1.29 is 14.6 Å². The van der Waals surface area contributed by atoms with Crippen LogP contribution in [0.4, 0.5) is 0 Å². The van der Waals surface area contributed by atoms with Crippen molar-refractivity contribution in [2.24, 2.45) is 0 Å². The zero-order chi connectivity index (χ0) is 13.8. The van der Waals surface area contributed by atoms with E-state index in [-0.39, 0.29) is 6.42 Å². The van der Waals surface area contributed by atoms with Gasteiger partial charge in [0.25, 0.3) is 0 Å². The number of benzene rings is 1. The minimum Gasteiger partial charge on any atom is -0.481 e. The van der Waals surface area contributed by atoms with Crippen molar-refractivity contribution in [2.45, 2.75) is 19.9 Å². The third-order valence-electron chi connectivity index (χ3n) is 2.62. The summed E-state index contributed by atoms with van der Waals surface area (Å²) >= 11 is 5.87. The van der Waals surface area contributed by atoms with Gasteiger partial charge in [0.1, 0.15) is 5.75 Å². The molecule has 6 heteroatoms. The molecule has 0 atom stereocenters. The first kappa shape index (κ1) is 13.4. The molecule has 100 valence electrons. The number of carboxylic acids is 1. The molecule has 19 heavy (non-hydrogen) atoms. The van der Waals surface area contributed by atoms with E-state index in [9.17, 15) is 4.79 Å². The normalized spacial score (nSPS) is 10.4. The van der Waals surface area contributed by atoms with E-state index < -0.39 is 5.97 Å². The minimum atomic E-state index is -0.854. The molecule has 5 nitrogen and oxygen atoms in total. The van der Waals surface area contributed by atoms with Gasteiger partial charge in [-0.2, -0.15) is 5.10 Å². The van der Waals surface area contributed by atoms with Crippen LogP contribution in [0.1, 0.15) is 12.1 Å². The molecule has 0 aliphatic carbocycles. The molecular formula is C13H13ClN2O3. The van der Waals surface area contributed by atoms with Gasteiger partial charge in [-0.3, -0.25) is 9.48 Å². The van der Waals surface area contributed by atoms with Crippen molar-refractivity contribution in [1.82, 2.24) is 9.78 Å². The largest absolute Gasteiger partial charge is 0.481 e. The summed E-state index contributed by atoms with van der Waals surface area (Å²) in [5.41, 5.74) is 0.779. The second-order valence-corrected chi connectivity index (χ2v) is 4.46. The van der Waals surface area contributed by atoms with Crippen LogP contribution >= 0.6 is 11.6 Å². The Hall–Kier alpha value is -2.01. The second-order valence-electron chi connectivity index (χ2n) is 4.02. The molecule has 2 rings (SSSR count). The summed E-state index contributed by atoms with van der Waals surface area (Å²) in [5.74, 6) is 0.355. The van der Waals surface area contributed by atoms with E-state index in [1.807, 2.05) is 6.92 Å². The van der Waals surface area contributed by atoms with Crippen LogP contribution < -0.4 is 4.74 Å². The predicted octanol–water partition coefficient (Wildman–Crippen LogP) is 3.11. The highest BCUT2D eigenvalue weighted by Gasteiger charge is 2.09. The maximum absolute atomic E-state index is 10.5. The van der Waals surface area contributed by atoms with E-state index in [0.717, 1.165) is 5.69 Å². The van der Waals surface area contributed by atoms with Gasteiger partial charge in [-0.05, 0) is 25.1 Å². The predicted molar refractivity (Wildman–Crippen MR) is 70.7 cm³/mol. The molecule has 1 heterocycles. The SMILES string of the molecule is Cc1c(Oc2cccc(Cl)c2)cnn1CCC(=O)O. The van der Waals surface area contributed by atoms with Gasteiger partial charge in [-0.15, -0.1) is 0 Å². The first-order valence-electron chi connectivity index (χ1n) is 5.74. The summed E-state index contributed by atoms with van der Waals surface area (Å²) in [6.07, 6.45) is 1.59. The molecule has 0 fully saturated rings. The number of nitrogens with zero attached hydrogens (tertiary/aromatic N) is 2. The van der Waals surface area contributed by atoms with Crippen LogP contribution in [0.25, 0.3) is 0 Å². The number of aliphatic carboxylic acids is 1. The van der Waals surface area contributed by atoms with Gasteiger partial charge >= 0.3 is 5.97 Å². The maximum Gasteiger partial charge on any atom is 0.305 e. The van der Waals surface area contributed by atoms with Gasteiger partial charge in [-0.25, -0.2) is 0 Å². The van der Waals surface area contributed by atoms with Gasteiger partial charge in [-0.1, -0.05) is 17.7 Å². The Bertz CT molecular complexity index is 595. The third-order valence-corrected chi connectivity index (χ3v) is 2.85. The second kappa shape index (κ2) is 5.75. The summed E-state index contributed by atoms with van der Waals surface area (Å²) in [5, 5.41) is 13.3. The molecule has 0 unspecified atom stereocenters. The zero-order valence-corrected chi connectivity index (χ0v) is 11.1. The first-order valence-corrected chi connectivity index (χ1v) is 6.11. The molecule has 0 bridgehead atoms. The van der Waals surface area contributed by atoms with E-state index in [1.165, 1.54) is 0 Å². The number of aryl methyl sites for hydroxylation is 1. The smallest absolute Gasteiger partial charge is 0.305 e. The lowest BCUT2D eigenvalue weighted by molar-refractivity contribution is -0.137. The average Bonchev–Trinajstić information content (AvgIpc) is 2.68. The summed E-state index contributed by atoms with van der Waals surface area (Å²) in [7, 11) is 0. The topological polar surface area (TPSA) is 64.4 Å². The van der Waals surface area contributed by atoms with Crippen molar-refractivity contribution in [2.75, 3.05) is 0 Å². The fourth-order valence-corrected chi connectivity index (χ4v) is 1.79. The minimum absolute atomic E-state index is 0.0269. The number of rotatable bonds is 5. The summed E-state index contributed by atoms with van der Waals surface area (Å²) < 4.78 is 7.27. The molecule has 2 aromatic rings. The van der Waals surface area contributed by atoms with Gasteiger partial charge < -0.3 is 9.84 Å². The number of carbonyl (C=O) groups is 1. The maximum atomic E-state index is 10.5. The lowest BCUT2D eigenvalue weighted by atomic mass is 10.3. The quantitative estimate of drug-likeness (QED) is 0.914. The third kappa shape index (κ3) is 3.48. The molecule has 1 aromatic carbocycles. The Morgan fingerprint density at radius 3 is 3.00 bits per heavy atom. The van der Waals surface area contributed by atoms with E-state index >= 15 is 0 Å². The molecule has 0 aliphatic heterocycles. The Balaban J connectivity index is 2.11. The van der Waals surface area contributed by atoms with E-state index in [0.29, 0.717) is 23.1 Å². The number of hydrogen-bond acceptors (Lipinski definition) is 3. The summed E-state index contributed by atoms with van der Waals surface area (Å²) in [6, 6.07) is 7.05. The molecule has 0 amide bonds. The van der Waals surface area contributed by atoms with Crippen LogP contribution in [0.5, 0.6) is 11.5 Å². The molecular weight excluding hydrogens is 268 g/mol. The lowest BCUT2D eigenvalue weighted by Crippen LogP contribution is -2.07. The Morgan fingerprint density at radius 2 is 2.32 bits per heavy atom. The average molecular weight is 281 g/mol. The summed E-state index contributed by atoms with van der Waals surface area (Å²) in [6.45, 7) is 2.15. The number of carboxylic acid groups (broad SMARTS) is 1. The highest BCUT2D eigenvalue weighted by Crippen LogP contribution is 2.26. The van der Waals surface area contributed by atoms with E-state index in [4.69, 9.17) is 21.4 Å². The summed E-state index contributed by atoms with van der Waals surface area (Å²) in [4.78, 5) is 10.5. The molecule has 1 aromatic heterocycles. The highest BCUT2D eigenvalue weighted by atomic mass is 35.5. The van der Waals surface area contributed by atoms with Crippen molar-refractivity contribution in [3.8, 4) is 11.5 Å². The van der Waals surface area contributed by atoms with Crippen molar-refractivity contribution in [3.05, 3.63) is 41.2 Å². The van der Waals surface area contributed by atoms with Gasteiger partial charge in [0.05, 0.1) is 24.9 Å². The molecule has 1 N–H and O–H groups in total. The molecule has 0 radical (unpaired) electrons. The molecule has 0 aliphatic rings. The van der Waals surface area contributed by atoms with Crippen molar-refractivity contribution in [3.63, 3.8) is 0 Å². The van der Waals surface area contributed by atoms with Crippen LogP contribution in [-0.4, -0.2) is 20.9 Å². The standard InChI is InChI=1S/C13H13ClN2O3/c1-9-12(8-15-16(9)6-5-13(17)18)19-11-4-2-3-10(14)7-11/h2-4,7-8H,5-6H2,1H3,(H,17,18).